The van der Waals surface area contributed by atoms with Crippen molar-refractivity contribution in [1.29, 1.82) is 0 Å². The van der Waals surface area contributed by atoms with E-state index in [-0.39, 0.29) is 42.4 Å². The number of esters is 1. The van der Waals surface area contributed by atoms with Crippen molar-refractivity contribution in [3.05, 3.63) is 0 Å². The highest BCUT2D eigenvalue weighted by atomic mass is 16.7. The smallest absolute Gasteiger partial charge is 0.319 e. The Labute approximate surface area is 289 Å². The van der Waals surface area contributed by atoms with E-state index in [4.69, 9.17) is 18.9 Å². The van der Waals surface area contributed by atoms with Gasteiger partial charge in [-0.05, 0) is 106 Å². The molecule has 1 aliphatic carbocycles. The maximum atomic E-state index is 14.3. The molecule has 3 aliphatic rings. The third kappa shape index (κ3) is 10.7. The zero-order valence-corrected chi connectivity index (χ0v) is 31.6. The van der Waals surface area contributed by atoms with Gasteiger partial charge in [-0.3, -0.25) is 14.4 Å². The number of carbonyl (C=O) groups is 3. The molecule has 0 aromatic carbocycles. The molecule has 278 valence electrons. The highest BCUT2D eigenvalue weighted by Gasteiger charge is 2.51. The number of carbonyl (C=O) groups excluding carboxylic acids is 3. The molecule has 3 fully saturated rings. The fourth-order valence-corrected chi connectivity index (χ4v) is 7.51. The second-order valence-corrected chi connectivity index (χ2v) is 15.9. The fourth-order valence-electron chi connectivity index (χ4n) is 7.51. The standard InChI is InChI=1S/C36H66N4O8/c1-23-20-36(6,45-11)32(48-33-30(42)28(38(7)8)19-24(2)47-33)25(3)31(43)35(4,5)34(44)46-18-12-13-27(16-17-39(9)22-23)40(10)29(41)21-37-26-14-15-26/h23-28,30,32-33,37,42H,12-22H2,1-11H3/t23-,24-,25+,27?,28+,30-,32-,33+,36-/m1/s1. The van der Waals surface area contributed by atoms with Gasteiger partial charge in [0.2, 0.25) is 5.91 Å². The summed E-state index contributed by atoms with van der Waals surface area (Å²) in [5.74, 6) is -1.53. The quantitative estimate of drug-likeness (QED) is 0.290. The van der Waals surface area contributed by atoms with Crippen LogP contribution in [0.4, 0.5) is 0 Å². The lowest BCUT2D eigenvalue weighted by Crippen LogP contribution is -2.59. The topological polar surface area (TPSA) is 130 Å². The van der Waals surface area contributed by atoms with E-state index in [1.807, 2.05) is 44.8 Å². The summed E-state index contributed by atoms with van der Waals surface area (Å²) in [6.45, 7) is 13.0. The Kier molecular flexibility index (Phi) is 14.9. The molecular formula is C36H66N4O8. The van der Waals surface area contributed by atoms with Gasteiger partial charge in [0, 0.05) is 44.7 Å². The van der Waals surface area contributed by atoms with Gasteiger partial charge in [0.25, 0.3) is 0 Å². The molecule has 0 aromatic rings. The van der Waals surface area contributed by atoms with Crippen LogP contribution in [0.1, 0.15) is 86.5 Å². The normalized spacial score (nSPS) is 36.8. The van der Waals surface area contributed by atoms with Crippen molar-refractivity contribution in [1.82, 2.24) is 20.0 Å². The number of rotatable bonds is 8. The van der Waals surface area contributed by atoms with Crippen LogP contribution in [-0.2, 0) is 33.3 Å². The van der Waals surface area contributed by atoms with Crippen molar-refractivity contribution in [2.75, 3.05) is 61.5 Å². The number of ketones is 1. The summed E-state index contributed by atoms with van der Waals surface area (Å²) in [5.41, 5.74) is -2.42. The van der Waals surface area contributed by atoms with Gasteiger partial charge in [-0.25, -0.2) is 0 Å². The minimum absolute atomic E-state index is 0.0161. The van der Waals surface area contributed by atoms with Crippen molar-refractivity contribution < 1.29 is 38.4 Å². The van der Waals surface area contributed by atoms with E-state index in [0.717, 1.165) is 32.4 Å². The Morgan fingerprint density at radius 2 is 1.75 bits per heavy atom. The molecule has 0 bridgehead atoms. The van der Waals surface area contributed by atoms with E-state index in [2.05, 4.69) is 24.2 Å². The van der Waals surface area contributed by atoms with Gasteiger partial charge in [-0.15, -0.1) is 0 Å². The van der Waals surface area contributed by atoms with Gasteiger partial charge >= 0.3 is 5.97 Å². The van der Waals surface area contributed by atoms with Crippen LogP contribution in [-0.4, -0.2) is 147 Å². The Morgan fingerprint density at radius 1 is 1.08 bits per heavy atom. The minimum atomic E-state index is -1.46. The number of hydrogen-bond acceptors (Lipinski definition) is 11. The van der Waals surface area contributed by atoms with E-state index in [1.165, 1.54) is 0 Å². The summed E-state index contributed by atoms with van der Waals surface area (Å²) >= 11 is 0. The number of likely N-dealkylation sites (N-methyl/N-ethyl adjacent to an activating group) is 2. The van der Waals surface area contributed by atoms with Crippen LogP contribution >= 0.6 is 0 Å². The second-order valence-electron chi connectivity index (χ2n) is 15.9. The van der Waals surface area contributed by atoms with Gasteiger partial charge < -0.3 is 44.1 Å². The number of amides is 1. The van der Waals surface area contributed by atoms with Crippen molar-refractivity contribution in [2.45, 2.75) is 135 Å². The van der Waals surface area contributed by atoms with E-state index >= 15 is 0 Å². The number of methoxy groups -OCH3 is 1. The van der Waals surface area contributed by atoms with Crippen LogP contribution in [0, 0.1) is 17.3 Å². The molecule has 0 aromatic heterocycles. The predicted molar refractivity (Wildman–Crippen MR) is 184 cm³/mol. The third-order valence-electron chi connectivity index (χ3n) is 10.8. The lowest BCUT2D eigenvalue weighted by molar-refractivity contribution is -0.295. The third-order valence-corrected chi connectivity index (χ3v) is 10.8. The average Bonchev–Trinajstić information content (AvgIpc) is 3.86. The first-order valence-corrected chi connectivity index (χ1v) is 18.0. The predicted octanol–water partition coefficient (Wildman–Crippen LogP) is 2.70. The molecule has 1 amide bonds. The first kappa shape index (κ1) is 40.8. The van der Waals surface area contributed by atoms with E-state index < -0.39 is 41.4 Å². The van der Waals surface area contributed by atoms with Crippen LogP contribution in [0.5, 0.6) is 0 Å². The molecular weight excluding hydrogens is 616 g/mol. The van der Waals surface area contributed by atoms with Crippen molar-refractivity contribution >= 4 is 17.7 Å². The first-order valence-electron chi connectivity index (χ1n) is 18.0. The maximum Gasteiger partial charge on any atom is 0.319 e. The first-order chi connectivity index (χ1) is 22.4. The van der Waals surface area contributed by atoms with Crippen LogP contribution in [0.15, 0.2) is 0 Å². The molecule has 2 saturated heterocycles. The summed E-state index contributed by atoms with van der Waals surface area (Å²) < 4.78 is 24.8. The average molecular weight is 683 g/mol. The summed E-state index contributed by atoms with van der Waals surface area (Å²) in [6.07, 6.45) is 2.49. The molecule has 2 heterocycles. The lowest BCUT2D eigenvalue weighted by Gasteiger charge is -2.47. The Morgan fingerprint density at radius 3 is 2.35 bits per heavy atom. The molecule has 9 atom stereocenters. The molecule has 12 heteroatoms. The highest BCUT2D eigenvalue weighted by molar-refractivity contribution is 6.04. The van der Waals surface area contributed by atoms with Crippen LogP contribution < -0.4 is 5.32 Å². The highest BCUT2D eigenvalue weighted by Crippen LogP contribution is 2.38. The molecule has 1 unspecified atom stereocenters. The summed E-state index contributed by atoms with van der Waals surface area (Å²) in [5, 5.41) is 14.7. The number of Topliss-reactive ketones (excluding diaryl/α,β-unsaturated/α-hetero) is 1. The maximum absolute atomic E-state index is 14.3. The van der Waals surface area contributed by atoms with Gasteiger partial charge in [-0.1, -0.05) is 13.8 Å². The SMILES string of the molecule is CO[C@]1(C)C[C@@H](C)CN(C)CCC(N(C)C(=O)CNC2CC2)CCCOC(=O)C(C)(C)C(=O)[C@H](C)[C@H]1O[C@@H]1O[C@H](C)C[C@H](N(C)C)[C@H]1O. The molecule has 1 saturated carbocycles. The van der Waals surface area contributed by atoms with Crippen LogP contribution in [0.25, 0.3) is 0 Å². The van der Waals surface area contributed by atoms with E-state index in [1.54, 1.807) is 27.9 Å². The largest absolute Gasteiger partial charge is 0.465 e. The number of aliphatic hydroxyl groups excluding tert-OH is 1. The minimum Gasteiger partial charge on any atom is -0.465 e. The van der Waals surface area contributed by atoms with Crippen molar-refractivity contribution in [2.24, 2.45) is 17.3 Å². The zero-order valence-electron chi connectivity index (χ0n) is 31.6. The van der Waals surface area contributed by atoms with Crippen molar-refractivity contribution in [3.63, 3.8) is 0 Å². The Hall–Kier alpha value is -1.67. The van der Waals surface area contributed by atoms with Gasteiger partial charge in [0.05, 0.1) is 31.0 Å². The van der Waals surface area contributed by atoms with Crippen LogP contribution in [0.3, 0.4) is 0 Å². The van der Waals surface area contributed by atoms with Gasteiger partial charge in [0.1, 0.15) is 11.5 Å². The van der Waals surface area contributed by atoms with Crippen LogP contribution in [0.2, 0.25) is 0 Å². The number of nitrogens with one attached hydrogen (secondary N) is 1. The van der Waals surface area contributed by atoms with E-state index in [9.17, 15) is 19.5 Å². The zero-order chi connectivity index (χ0) is 36.0. The molecule has 0 radical (unpaired) electrons. The number of cyclic esters (lactones) is 1. The summed E-state index contributed by atoms with van der Waals surface area (Å²) in [7, 11) is 9.40. The molecule has 12 nitrogen and oxygen atoms in total. The number of aliphatic hydroxyl groups is 1. The summed E-state index contributed by atoms with van der Waals surface area (Å²) in [6, 6.07) is 0.240. The fraction of sp³-hybridized carbons (Fsp3) is 0.917. The van der Waals surface area contributed by atoms with Gasteiger partial charge in [-0.2, -0.15) is 0 Å². The Balaban J connectivity index is 1.89. The Bertz CT molecular complexity index is 1070. The molecule has 3 rings (SSSR count). The monoisotopic (exact) mass is 682 g/mol. The number of ether oxygens (including phenoxy) is 4. The van der Waals surface area contributed by atoms with E-state index in [0.29, 0.717) is 38.3 Å². The molecule has 0 spiro atoms. The number of hydrogen-bond donors (Lipinski definition) is 2. The van der Waals surface area contributed by atoms with Crippen molar-refractivity contribution in [3.8, 4) is 0 Å². The lowest BCUT2D eigenvalue weighted by atomic mass is 9.74. The second kappa shape index (κ2) is 17.5. The molecule has 2 N–H and O–H groups in total. The molecule has 48 heavy (non-hydrogen) atoms. The molecule has 2 aliphatic heterocycles. The summed E-state index contributed by atoms with van der Waals surface area (Å²) in [4.78, 5) is 46.9. The number of nitrogens with zero attached hydrogens (tertiary/aromatic N) is 3. The van der Waals surface area contributed by atoms with Gasteiger partial charge in [0.15, 0.2) is 12.1 Å².